The van der Waals surface area contributed by atoms with Crippen LogP contribution in [0.3, 0.4) is 0 Å². The molecule has 0 saturated heterocycles. The Kier molecular flexibility index (Phi) is 26.4. The van der Waals surface area contributed by atoms with E-state index in [2.05, 4.69) is 48.8 Å². The molecule has 1 rings (SSSR count). The van der Waals surface area contributed by atoms with Crippen molar-refractivity contribution in [3.8, 4) is 0 Å². The summed E-state index contributed by atoms with van der Waals surface area (Å²) >= 11 is 0. The molecule has 0 unspecified atom stereocenters. The Morgan fingerprint density at radius 1 is 0.925 bits per heavy atom. The number of carbonyl (C=O) groups is 3. The molecule has 16 N–H and O–H groups in total. The molecule has 0 spiro atoms. The van der Waals surface area contributed by atoms with Gasteiger partial charge >= 0.3 is 5.96 Å². The molecule has 0 aliphatic rings. The number of carbonyl (C=O) groups excluding carboxylic acids is 3. The first-order chi connectivity index (χ1) is 18.5. The average molecular weight is 575 g/mol. The van der Waals surface area contributed by atoms with Gasteiger partial charge < -0.3 is 27.4 Å². The van der Waals surface area contributed by atoms with E-state index in [1.807, 2.05) is 0 Å². The Morgan fingerprint density at radius 2 is 1.43 bits per heavy atom. The number of nitrogens with zero attached hydrogens (tertiary/aromatic N) is 1. The molecular formula is C27H62N10O3+4. The first kappa shape index (κ1) is 41.8. The highest BCUT2D eigenvalue weighted by Crippen LogP contribution is 1.97. The highest BCUT2D eigenvalue weighted by molar-refractivity contribution is 5.81. The van der Waals surface area contributed by atoms with Gasteiger partial charge in [-0.05, 0) is 59.3 Å². The molecule has 0 bridgehead atoms. The van der Waals surface area contributed by atoms with Gasteiger partial charge in [0.2, 0.25) is 6.33 Å². The van der Waals surface area contributed by atoms with E-state index in [1.165, 1.54) is 33.7 Å². The van der Waals surface area contributed by atoms with Crippen molar-refractivity contribution in [1.82, 2.24) is 4.98 Å². The number of Topliss-reactive ketones (excluding diaryl/α,β-unsaturated/α-hetero) is 3. The molecule has 0 aromatic carbocycles. The van der Waals surface area contributed by atoms with Gasteiger partial charge in [-0.25, -0.2) is 4.98 Å². The third kappa shape index (κ3) is 31.5. The van der Waals surface area contributed by atoms with E-state index in [1.54, 1.807) is 12.5 Å². The van der Waals surface area contributed by atoms with Gasteiger partial charge in [0.05, 0.1) is 58.9 Å². The second-order valence-electron chi connectivity index (χ2n) is 10.9. The second-order valence-corrected chi connectivity index (χ2v) is 10.9. The van der Waals surface area contributed by atoms with Crippen LogP contribution in [-0.2, 0) is 20.8 Å². The Morgan fingerprint density at radius 3 is 1.75 bits per heavy atom. The van der Waals surface area contributed by atoms with E-state index in [0.29, 0.717) is 19.4 Å². The fourth-order valence-corrected chi connectivity index (χ4v) is 2.99. The lowest BCUT2D eigenvalue weighted by Crippen LogP contribution is -2.78. The Labute approximate surface area is 241 Å². The first-order valence-corrected chi connectivity index (χ1v) is 14.0. The number of H-pyrrole nitrogens is 2. The highest BCUT2D eigenvalue weighted by atomic mass is 16.1. The minimum atomic E-state index is -0.387. The molecular weight excluding hydrogens is 512 g/mol. The smallest absolute Gasteiger partial charge is 0.338 e. The zero-order valence-corrected chi connectivity index (χ0v) is 26.2. The highest BCUT2D eigenvalue weighted by Gasteiger charge is 2.11. The first-order valence-electron chi connectivity index (χ1n) is 14.0. The number of nitrogens with one attached hydrogen (secondary N) is 3. The zero-order chi connectivity index (χ0) is 31.7. The number of ketones is 3. The fourth-order valence-electron chi connectivity index (χ4n) is 2.99. The zero-order valence-electron chi connectivity index (χ0n) is 26.2. The number of quaternary nitrogens is 2. The number of imidazole rings is 1. The van der Waals surface area contributed by atoms with Crippen LogP contribution in [0, 0.1) is 0 Å². The quantitative estimate of drug-likeness (QED) is 0.0455. The standard InChI is InChI=1S/C7H16N4O.C7H11N3O.C7H16N2O.C6H16N/c1-5(12)6(8)3-2-4-11-7(9)10;1-5(11)7(8)2-6-3-9-4-10-6;1-6(10)7(9)4-2-3-5-8;1-5-6-7(2,3)4/h6H,2-4,8H2,1H3,(H4,9,10,11);3-4,7H,2,8H2,1H3,(H,9,10);7H,2-5,8-9H2,1H3;5-6H2,1-4H3/q;;;+1/p+3/t6-;2*7-;/m000./s1. The number of unbranched alkanes of at least 4 members (excludes halogenated alkanes) is 1. The van der Waals surface area contributed by atoms with Gasteiger partial charge in [-0.1, -0.05) is 6.92 Å². The van der Waals surface area contributed by atoms with Crippen LogP contribution in [0.5, 0.6) is 0 Å². The van der Waals surface area contributed by atoms with E-state index < -0.39 is 0 Å². The lowest BCUT2D eigenvalue weighted by atomic mass is 10.1. The number of guanidine groups is 1. The van der Waals surface area contributed by atoms with Gasteiger partial charge in [-0.2, -0.15) is 0 Å². The molecule has 1 aromatic rings. The molecule has 0 aliphatic carbocycles. The number of aromatic amines is 2. The van der Waals surface area contributed by atoms with Crippen molar-refractivity contribution in [3.63, 3.8) is 0 Å². The van der Waals surface area contributed by atoms with Crippen molar-refractivity contribution in [2.45, 2.75) is 90.8 Å². The summed E-state index contributed by atoms with van der Waals surface area (Å²) in [4.78, 5) is 40.5. The van der Waals surface area contributed by atoms with E-state index in [0.717, 1.165) is 42.4 Å². The van der Waals surface area contributed by atoms with Crippen LogP contribution >= 0.6 is 0 Å². The SMILES string of the molecule is CC(=O)[C@@H](N)CCCC[NH3+].CC(=O)[C@@H](N)CCC[NH+]=C(N)N.CC(=O)[C@@H](N)Cc1c[nH+]c[nH]1.CCC[N+](C)(C)C. The molecule has 1 heterocycles. The van der Waals surface area contributed by atoms with Crippen molar-refractivity contribution >= 4 is 23.3 Å². The van der Waals surface area contributed by atoms with Crippen LogP contribution in [0.4, 0.5) is 0 Å². The Balaban J connectivity index is -0.000000464. The minimum absolute atomic E-state index is 0.0135. The van der Waals surface area contributed by atoms with Gasteiger partial charge in [0.25, 0.3) is 0 Å². The monoisotopic (exact) mass is 574 g/mol. The molecule has 0 aliphatic heterocycles. The van der Waals surface area contributed by atoms with Crippen molar-refractivity contribution in [2.75, 3.05) is 40.8 Å². The van der Waals surface area contributed by atoms with E-state index >= 15 is 0 Å². The van der Waals surface area contributed by atoms with Gasteiger partial charge in [0, 0.05) is 6.42 Å². The lowest BCUT2D eigenvalue weighted by Gasteiger charge is -2.22. The van der Waals surface area contributed by atoms with Crippen LogP contribution in [-0.4, -0.2) is 91.7 Å². The van der Waals surface area contributed by atoms with Gasteiger partial charge in [0.15, 0.2) is 0 Å². The molecule has 3 atom stereocenters. The van der Waals surface area contributed by atoms with Gasteiger partial charge in [-0.15, -0.1) is 0 Å². The molecule has 0 radical (unpaired) electrons. The van der Waals surface area contributed by atoms with Crippen LogP contribution < -0.4 is 44.4 Å². The predicted octanol–water partition coefficient (Wildman–Crippen LogP) is -3.26. The number of hydrogen-bond acceptors (Lipinski definition) is 6. The van der Waals surface area contributed by atoms with Crippen molar-refractivity contribution in [2.24, 2.45) is 28.7 Å². The minimum Gasteiger partial charge on any atom is -0.358 e. The third-order valence-electron chi connectivity index (χ3n) is 5.54. The predicted molar refractivity (Wildman–Crippen MR) is 160 cm³/mol. The van der Waals surface area contributed by atoms with Crippen molar-refractivity contribution < 1.29 is 34.6 Å². The molecule has 0 saturated carbocycles. The molecule has 40 heavy (non-hydrogen) atoms. The summed E-state index contributed by atoms with van der Waals surface area (Å²) in [5.74, 6) is 0.315. The number of rotatable bonds is 15. The summed E-state index contributed by atoms with van der Waals surface area (Å²) < 4.78 is 1.09. The van der Waals surface area contributed by atoms with Crippen molar-refractivity contribution in [1.29, 1.82) is 0 Å². The fraction of sp³-hybridized carbons (Fsp3) is 0.741. The van der Waals surface area contributed by atoms with Gasteiger partial charge in [0.1, 0.15) is 29.2 Å². The number of hydrogen-bond donors (Lipinski definition) is 8. The van der Waals surface area contributed by atoms with Crippen LogP contribution in [0.25, 0.3) is 0 Å². The van der Waals surface area contributed by atoms with E-state index in [9.17, 15) is 14.4 Å². The Bertz CT molecular complexity index is 804. The average Bonchev–Trinajstić information content (AvgIpc) is 3.35. The summed E-state index contributed by atoms with van der Waals surface area (Å²) in [5.41, 5.74) is 31.5. The largest absolute Gasteiger partial charge is 0.358 e. The summed E-state index contributed by atoms with van der Waals surface area (Å²) in [7, 11) is 6.64. The van der Waals surface area contributed by atoms with E-state index in [4.69, 9.17) is 28.7 Å². The summed E-state index contributed by atoms with van der Waals surface area (Å²) in [5, 5.41) is 0. The van der Waals surface area contributed by atoms with E-state index in [-0.39, 0.29) is 41.4 Å². The van der Waals surface area contributed by atoms with Crippen LogP contribution in [0.15, 0.2) is 12.5 Å². The summed E-state index contributed by atoms with van der Waals surface area (Å²) in [6, 6.07) is -0.987. The molecule has 234 valence electrons. The maximum atomic E-state index is 10.7. The molecule has 13 heteroatoms. The second kappa shape index (κ2) is 25.3. The maximum Gasteiger partial charge on any atom is 0.338 e. The molecule has 13 nitrogen and oxygen atoms in total. The molecule has 0 fully saturated rings. The van der Waals surface area contributed by atoms with Gasteiger partial charge in [-0.3, -0.25) is 35.8 Å². The molecule has 1 aromatic heterocycles. The Hall–Kier alpha value is -2.71. The lowest BCUT2D eigenvalue weighted by molar-refractivity contribution is -0.870. The topological polar surface area (TPSA) is 253 Å². The van der Waals surface area contributed by atoms with Crippen LogP contribution in [0.1, 0.15) is 71.9 Å². The molecule has 0 amide bonds. The summed E-state index contributed by atoms with van der Waals surface area (Å²) in [6.07, 6.45) is 9.69. The normalized spacial score (nSPS) is 12.6. The third-order valence-corrected chi connectivity index (χ3v) is 5.54. The van der Waals surface area contributed by atoms with Crippen LogP contribution in [0.2, 0.25) is 0 Å². The maximum absolute atomic E-state index is 10.7. The summed E-state index contributed by atoms with van der Waals surface area (Å²) in [6.45, 7) is 9.60. The van der Waals surface area contributed by atoms with Crippen molar-refractivity contribution in [3.05, 3.63) is 18.2 Å². The number of aromatic nitrogens is 2. The number of nitrogens with two attached hydrogens (primary N) is 5.